The van der Waals surface area contributed by atoms with Gasteiger partial charge in [0.15, 0.2) is 0 Å². The third kappa shape index (κ3) is 5.66. The van der Waals surface area contributed by atoms with Crippen LogP contribution in [0.1, 0.15) is 29.9 Å². The van der Waals surface area contributed by atoms with E-state index < -0.39 is 23.2 Å². The van der Waals surface area contributed by atoms with Crippen LogP contribution in [0.2, 0.25) is 0 Å². The van der Waals surface area contributed by atoms with E-state index in [0.29, 0.717) is 11.3 Å². The summed E-state index contributed by atoms with van der Waals surface area (Å²) in [5, 5.41) is 16.8. The highest BCUT2D eigenvalue weighted by molar-refractivity contribution is 6.00. The molecule has 34 heavy (non-hydrogen) atoms. The number of nitrogens with zero attached hydrogens (tertiary/aromatic N) is 1. The number of nitrogens with one attached hydrogen (secondary N) is 3. The van der Waals surface area contributed by atoms with E-state index in [1.165, 1.54) is 37.5 Å². The number of carboxylic acids is 1. The zero-order valence-electron chi connectivity index (χ0n) is 18.7. The van der Waals surface area contributed by atoms with Crippen molar-refractivity contribution in [1.29, 1.82) is 0 Å². The number of pyridine rings is 1. The Morgan fingerprint density at radius 1 is 1.00 bits per heavy atom. The molecule has 0 aliphatic rings. The molecule has 0 aliphatic heterocycles. The lowest BCUT2D eigenvalue weighted by Gasteiger charge is -2.20. The van der Waals surface area contributed by atoms with Gasteiger partial charge in [0.25, 0.3) is 5.91 Å². The summed E-state index contributed by atoms with van der Waals surface area (Å²) in [5.74, 6) is -1.69. The van der Waals surface area contributed by atoms with Gasteiger partial charge in [-0.3, -0.25) is 14.6 Å². The predicted octanol–water partition coefficient (Wildman–Crippen LogP) is 4.38. The maximum absolute atomic E-state index is 14.6. The van der Waals surface area contributed by atoms with E-state index in [1.807, 2.05) is 0 Å². The Kier molecular flexibility index (Phi) is 7.10. The predicted molar refractivity (Wildman–Crippen MR) is 124 cm³/mol. The summed E-state index contributed by atoms with van der Waals surface area (Å²) >= 11 is 0. The molecule has 0 spiro atoms. The quantitative estimate of drug-likeness (QED) is 0.409. The molecule has 1 aromatic heterocycles. The van der Waals surface area contributed by atoms with Crippen LogP contribution in [0.3, 0.4) is 0 Å². The average Bonchev–Trinajstić information content (AvgIpc) is 2.80. The molecule has 3 aromatic rings. The number of rotatable bonds is 7. The Hall–Kier alpha value is -4.47. The van der Waals surface area contributed by atoms with Crippen LogP contribution in [0.5, 0.6) is 11.5 Å². The second kappa shape index (κ2) is 9.99. The number of hydrogen-bond donors (Lipinski definition) is 4. The van der Waals surface area contributed by atoms with Gasteiger partial charge in [-0.15, -0.1) is 0 Å². The number of benzene rings is 2. The molecule has 0 saturated heterocycles. The average molecular weight is 466 g/mol. The van der Waals surface area contributed by atoms with Crippen molar-refractivity contribution in [3.63, 3.8) is 0 Å². The molecule has 2 aromatic carbocycles. The summed E-state index contributed by atoms with van der Waals surface area (Å²) in [7, 11) is 1.47. The van der Waals surface area contributed by atoms with E-state index in [1.54, 1.807) is 38.1 Å². The van der Waals surface area contributed by atoms with Crippen LogP contribution < -0.4 is 20.7 Å². The van der Waals surface area contributed by atoms with Crippen LogP contribution in [0.25, 0.3) is 0 Å². The van der Waals surface area contributed by atoms with Gasteiger partial charge in [-0.2, -0.15) is 0 Å². The Bertz CT molecular complexity index is 1250. The summed E-state index contributed by atoms with van der Waals surface area (Å²) in [6.07, 6.45) is 1.39. The number of urea groups is 1. The van der Waals surface area contributed by atoms with E-state index in [0.717, 1.165) is 6.07 Å². The van der Waals surface area contributed by atoms with Crippen LogP contribution in [-0.4, -0.2) is 35.0 Å². The Morgan fingerprint density at radius 3 is 2.41 bits per heavy atom. The number of halogens is 1. The molecule has 10 heteroatoms. The minimum Gasteiger partial charge on any atom is -0.481 e. The second-order valence-electron chi connectivity index (χ2n) is 7.79. The number of hydrogen-bond acceptors (Lipinski definition) is 5. The van der Waals surface area contributed by atoms with Crippen molar-refractivity contribution in [2.75, 3.05) is 17.7 Å². The van der Waals surface area contributed by atoms with Gasteiger partial charge in [0, 0.05) is 31.1 Å². The van der Waals surface area contributed by atoms with Gasteiger partial charge in [-0.1, -0.05) is 12.1 Å². The topological polar surface area (TPSA) is 130 Å². The van der Waals surface area contributed by atoms with Crippen molar-refractivity contribution in [1.82, 2.24) is 10.3 Å². The van der Waals surface area contributed by atoms with Gasteiger partial charge in [0.1, 0.15) is 23.0 Å². The molecule has 176 valence electrons. The zero-order chi connectivity index (χ0) is 24.9. The molecular formula is C24H23FN4O5. The Balaban J connectivity index is 1.68. The molecule has 0 radical (unpaired) electrons. The Morgan fingerprint density at radius 2 is 1.74 bits per heavy atom. The van der Waals surface area contributed by atoms with Crippen LogP contribution in [0.15, 0.2) is 60.8 Å². The molecular weight excluding hydrogens is 443 g/mol. The summed E-state index contributed by atoms with van der Waals surface area (Å²) in [4.78, 5) is 39.4. The van der Waals surface area contributed by atoms with Crippen LogP contribution in [0.4, 0.5) is 20.6 Å². The summed E-state index contributed by atoms with van der Waals surface area (Å²) in [6.45, 7) is 3.11. The number of carboxylic acid groups (broad SMARTS) is 1. The number of carbonyl (C=O) groups excluding carboxylic acids is 2. The van der Waals surface area contributed by atoms with Gasteiger partial charge >= 0.3 is 12.0 Å². The van der Waals surface area contributed by atoms with E-state index in [9.17, 15) is 23.9 Å². The lowest BCUT2D eigenvalue weighted by Crippen LogP contribution is -2.28. The van der Waals surface area contributed by atoms with Crippen molar-refractivity contribution in [3.8, 4) is 11.5 Å². The highest BCUT2D eigenvalue weighted by Gasteiger charge is 2.29. The number of ether oxygens (including phenoxy) is 1. The number of carbonyl (C=O) groups is 3. The van der Waals surface area contributed by atoms with Crippen LogP contribution in [0, 0.1) is 5.82 Å². The largest absolute Gasteiger partial charge is 0.481 e. The molecule has 1 heterocycles. The first-order valence-electron chi connectivity index (χ1n) is 10.2. The SMILES string of the molecule is CNC(=O)c1cc(Oc2ccc(NC(=O)Nc3cccc(C(C)(C)C(=O)O)c3)c(F)c2)ccn1. The molecule has 4 N–H and O–H groups in total. The van der Waals surface area contributed by atoms with Crippen molar-refractivity contribution >= 4 is 29.3 Å². The minimum atomic E-state index is -1.15. The maximum Gasteiger partial charge on any atom is 0.323 e. The first-order chi connectivity index (χ1) is 16.1. The van der Waals surface area contributed by atoms with Gasteiger partial charge in [0.2, 0.25) is 0 Å². The summed E-state index contributed by atoms with van der Waals surface area (Å²) in [6, 6.07) is 12.5. The molecule has 0 atom stereocenters. The smallest absolute Gasteiger partial charge is 0.323 e. The highest BCUT2D eigenvalue weighted by Crippen LogP contribution is 2.27. The van der Waals surface area contributed by atoms with Crippen molar-refractivity contribution in [3.05, 3.63) is 77.9 Å². The van der Waals surface area contributed by atoms with Crippen molar-refractivity contribution in [2.45, 2.75) is 19.3 Å². The van der Waals surface area contributed by atoms with Gasteiger partial charge in [0.05, 0.1) is 11.1 Å². The third-order valence-electron chi connectivity index (χ3n) is 4.99. The maximum atomic E-state index is 14.6. The van der Waals surface area contributed by atoms with E-state index in [2.05, 4.69) is 20.9 Å². The van der Waals surface area contributed by atoms with Gasteiger partial charge in [-0.25, -0.2) is 9.18 Å². The number of amides is 3. The van der Waals surface area contributed by atoms with Crippen LogP contribution in [-0.2, 0) is 10.2 Å². The fourth-order valence-electron chi connectivity index (χ4n) is 2.92. The molecule has 0 unspecified atom stereocenters. The number of aliphatic carboxylic acids is 1. The summed E-state index contributed by atoms with van der Waals surface area (Å²) < 4.78 is 20.1. The van der Waals surface area contributed by atoms with E-state index >= 15 is 0 Å². The summed E-state index contributed by atoms with van der Waals surface area (Å²) in [5.41, 5.74) is -0.235. The van der Waals surface area contributed by atoms with E-state index in [4.69, 9.17) is 4.74 Å². The number of aromatic nitrogens is 1. The van der Waals surface area contributed by atoms with Crippen molar-refractivity contribution in [2.24, 2.45) is 0 Å². The fourth-order valence-corrected chi connectivity index (χ4v) is 2.92. The molecule has 3 amide bonds. The first kappa shape index (κ1) is 24.2. The number of anilines is 2. The van der Waals surface area contributed by atoms with Gasteiger partial charge < -0.3 is 25.8 Å². The molecule has 0 aliphatic carbocycles. The second-order valence-corrected chi connectivity index (χ2v) is 7.79. The molecule has 3 rings (SSSR count). The minimum absolute atomic E-state index is 0.0901. The Labute approximate surface area is 195 Å². The van der Waals surface area contributed by atoms with Crippen molar-refractivity contribution < 1.29 is 28.6 Å². The fraction of sp³-hybridized carbons (Fsp3) is 0.167. The lowest BCUT2D eigenvalue weighted by atomic mass is 9.84. The molecule has 0 fully saturated rings. The zero-order valence-corrected chi connectivity index (χ0v) is 18.7. The van der Waals surface area contributed by atoms with E-state index in [-0.39, 0.29) is 28.8 Å². The monoisotopic (exact) mass is 466 g/mol. The lowest BCUT2D eigenvalue weighted by molar-refractivity contribution is -0.142. The molecule has 0 bridgehead atoms. The van der Waals surface area contributed by atoms with Crippen LogP contribution >= 0.6 is 0 Å². The molecule has 9 nitrogen and oxygen atoms in total. The first-order valence-corrected chi connectivity index (χ1v) is 10.2. The third-order valence-corrected chi connectivity index (χ3v) is 4.99. The highest BCUT2D eigenvalue weighted by atomic mass is 19.1. The standard InChI is InChI=1S/C24H23FN4O5/c1-24(2,22(31)32)14-5-4-6-15(11-14)28-23(33)29-19-8-7-16(12-18(19)25)34-17-9-10-27-20(13-17)21(30)26-3/h4-13H,1-3H3,(H,26,30)(H,31,32)(H2,28,29,33). The van der Waals surface area contributed by atoms with Gasteiger partial charge in [-0.05, 0) is 49.7 Å². The normalized spacial score (nSPS) is 10.8. The molecule has 0 saturated carbocycles.